The van der Waals surface area contributed by atoms with Crippen molar-refractivity contribution in [3.05, 3.63) is 65.7 Å². The molecule has 0 saturated heterocycles. The first kappa shape index (κ1) is 19.2. The zero-order chi connectivity index (χ0) is 18.1. The van der Waals surface area contributed by atoms with Crippen molar-refractivity contribution in [2.45, 2.75) is 32.3 Å². The monoisotopic (exact) mass is 358 g/mol. The molecule has 0 aliphatic carbocycles. The molecule has 134 valence electrons. The van der Waals surface area contributed by atoms with Gasteiger partial charge in [0.2, 0.25) is 0 Å². The highest BCUT2D eigenvalue weighted by molar-refractivity contribution is 6.76. The molecule has 2 aromatic rings. The van der Waals surface area contributed by atoms with Gasteiger partial charge in [-0.05, 0) is 35.9 Å². The van der Waals surface area contributed by atoms with E-state index < -0.39 is 8.07 Å². The minimum atomic E-state index is -1.07. The van der Waals surface area contributed by atoms with Gasteiger partial charge in [-0.15, -0.1) is 0 Å². The summed E-state index contributed by atoms with van der Waals surface area (Å²) in [7, 11) is -1.07. The molecule has 0 bridgehead atoms. The summed E-state index contributed by atoms with van der Waals surface area (Å²) < 4.78 is 16.3. The van der Waals surface area contributed by atoms with Crippen LogP contribution in [0.25, 0.3) is 0 Å². The molecule has 0 spiro atoms. The second-order valence-electron chi connectivity index (χ2n) is 7.07. The molecular weight excluding hydrogens is 332 g/mol. The minimum absolute atomic E-state index is 0.224. The van der Waals surface area contributed by atoms with Gasteiger partial charge in [0.25, 0.3) is 0 Å². The van der Waals surface area contributed by atoms with Crippen molar-refractivity contribution in [1.29, 1.82) is 0 Å². The predicted octanol–water partition coefficient (Wildman–Crippen LogP) is 4.73. The van der Waals surface area contributed by atoms with Gasteiger partial charge in [0, 0.05) is 14.7 Å². The number of rotatable bonds is 9. The van der Waals surface area contributed by atoms with Crippen LogP contribution in [0.2, 0.25) is 25.7 Å². The van der Waals surface area contributed by atoms with Crippen molar-refractivity contribution in [3.8, 4) is 5.75 Å². The molecule has 25 heavy (non-hydrogen) atoms. The maximum Gasteiger partial charge on any atom is 0.338 e. The first-order chi connectivity index (χ1) is 11.9. The number of hydrogen-bond donors (Lipinski definition) is 0. The molecule has 5 heteroatoms. The van der Waals surface area contributed by atoms with Crippen LogP contribution in [0.3, 0.4) is 0 Å². The molecule has 4 nitrogen and oxygen atoms in total. The Morgan fingerprint density at radius 2 is 1.64 bits per heavy atom. The van der Waals surface area contributed by atoms with E-state index in [-0.39, 0.29) is 19.4 Å². The third-order valence-electron chi connectivity index (χ3n) is 3.61. The van der Waals surface area contributed by atoms with Crippen LogP contribution in [0.15, 0.2) is 54.6 Å². The molecule has 0 unspecified atom stereocenters. The third-order valence-corrected chi connectivity index (χ3v) is 5.31. The average Bonchev–Trinajstić information content (AvgIpc) is 2.60. The van der Waals surface area contributed by atoms with Crippen LogP contribution in [-0.2, 0) is 16.1 Å². The van der Waals surface area contributed by atoms with Crippen molar-refractivity contribution in [3.63, 3.8) is 0 Å². The molecule has 0 N–H and O–H groups in total. The largest absolute Gasteiger partial charge is 0.468 e. The third kappa shape index (κ3) is 7.54. The molecule has 0 atom stereocenters. The molecule has 2 rings (SSSR count). The van der Waals surface area contributed by atoms with E-state index in [2.05, 4.69) is 19.6 Å². The highest BCUT2D eigenvalue weighted by Gasteiger charge is 2.12. The standard InChI is InChI=1S/C20H26O4Si/c1-25(2,3)14-13-22-16-24-19-11-9-18(10-12-19)20(21)23-15-17-7-5-4-6-8-17/h4-12H,13-16H2,1-3H3. The Morgan fingerprint density at radius 1 is 0.960 bits per heavy atom. The zero-order valence-corrected chi connectivity index (χ0v) is 16.2. The van der Waals surface area contributed by atoms with Gasteiger partial charge >= 0.3 is 5.97 Å². The van der Waals surface area contributed by atoms with E-state index in [0.717, 1.165) is 18.2 Å². The molecule has 2 aromatic carbocycles. The molecule has 0 aliphatic heterocycles. The Hall–Kier alpha value is -2.11. The second-order valence-corrected chi connectivity index (χ2v) is 12.7. The number of ether oxygens (including phenoxy) is 3. The Labute approximate surface area is 150 Å². The van der Waals surface area contributed by atoms with E-state index in [9.17, 15) is 4.79 Å². The van der Waals surface area contributed by atoms with E-state index in [1.54, 1.807) is 24.3 Å². The lowest BCUT2D eigenvalue weighted by Gasteiger charge is -2.15. The number of benzene rings is 2. The average molecular weight is 359 g/mol. The first-order valence-electron chi connectivity index (χ1n) is 8.46. The molecule has 0 saturated carbocycles. The SMILES string of the molecule is C[Si](C)(C)CCOCOc1ccc(C(=O)OCc2ccccc2)cc1. The lowest BCUT2D eigenvalue weighted by atomic mass is 10.2. The molecule has 0 amide bonds. The molecule has 0 radical (unpaired) electrons. The van der Waals surface area contributed by atoms with Crippen molar-refractivity contribution >= 4 is 14.0 Å². The van der Waals surface area contributed by atoms with Gasteiger partial charge < -0.3 is 14.2 Å². The lowest BCUT2D eigenvalue weighted by Crippen LogP contribution is -2.22. The lowest BCUT2D eigenvalue weighted by molar-refractivity contribution is 0.0220. The van der Waals surface area contributed by atoms with Crippen LogP contribution < -0.4 is 4.74 Å². The zero-order valence-electron chi connectivity index (χ0n) is 15.2. The van der Waals surface area contributed by atoms with E-state index >= 15 is 0 Å². The quantitative estimate of drug-likeness (QED) is 0.281. The van der Waals surface area contributed by atoms with Gasteiger partial charge in [0.1, 0.15) is 12.4 Å². The number of carbonyl (C=O) groups excluding carboxylic acids is 1. The summed E-state index contributed by atoms with van der Waals surface area (Å²) in [6, 6.07) is 17.6. The van der Waals surface area contributed by atoms with Crippen molar-refractivity contribution < 1.29 is 19.0 Å². The van der Waals surface area contributed by atoms with Crippen LogP contribution >= 0.6 is 0 Å². The summed E-state index contributed by atoms with van der Waals surface area (Å²) in [6.45, 7) is 8.15. The number of hydrogen-bond acceptors (Lipinski definition) is 4. The summed E-state index contributed by atoms with van der Waals surface area (Å²) in [6.07, 6.45) is 0. The van der Waals surface area contributed by atoms with Crippen molar-refractivity contribution in [2.24, 2.45) is 0 Å². The van der Waals surface area contributed by atoms with Gasteiger partial charge in [-0.2, -0.15) is 0 Å². The smallest absolute Gasteiger partial charge is 0.338 e. The molecule has 0 aliphatic rings. The summed E-state index contributed by atoms with van der Waals surface area (Å²) in [5, 5.41) is 0. The highest BCUT2D eigenvalue weighted by atomic mass is 28.3. The first-order valence-corrected chi connectivity index (χ1v) is 12.2. The van der Waals surface area contributed by atoms with E-state index in [1.165, 1.54) is 0 Å². The number of esters is 1. The Kier molecular flexibility index (Phi) is 7.22. The van der Waals surface area contributed by atoms with Crippen LogP contribution in [0.5, 0.6) is 5.75 Å². The Morgan fingerprint density at radius 3 is 2.28 bits per heavy atom. The normalized spacial score (nSPS) is 11.2. The second kappa shape index (κ2) is 9.39. The van der Waals surface area contributed by atoms with Gasteiger partial charge in [-0.1, -0.05) is 50.0 Å². The maximum absolute atomic E-state index is 12.0. The summed E-state index contributed by atoms with van der Waals surface area (Å²) in [4.78, 5) is 12.0. The highest BCUT2D eigenvalue weighted by Crippen LogP contribution is 2.14. The van der Waals surface area contributed by atoms with Gasteiger partial charge in [0.15, 0.2) is 6.79 Å². The Balaban J connectivity index is 1.72. The number of carbonyl (C=O) groups is 1. The predicted molar refractivity (Wildman–Crippen MR) is 102 cm³/mol. The fourth-order valence-electron chi connectivity index (χ4n) is 2.04. The van der Waals surface area contributed by atoms with Crippen LogP contribution in [0.4, 0.5) is 0 Å². The van der Waals surface area contributed by atoms with Gasteiger partial charge in [-0.25, -0.2) is 4.79 Å². The van der Waals surface area contributed by atoms with Crippen LogP contribution in [0.1, 0.15) is 15.9 Å². The van der Waals surface area contributed by atoms with Crippen LogP contribution in [0, 0.1) is 0 Å². The Bertz CT molecular complexity index is 648. The fraction of sp³-hybridized carbons (Fsp3) is 0.350. The fourth-order valence-corrected chi connectivity index (χ4v) is 2.80. The summed E-state index contributed by atoms with van der Waals surface area (Å²) in [5.41, 5.74) is 1.47. The van der Waals surface area contributed by atoms with Crippen LogP contribution in [-0.4, -0.2) is 27.4 Å². The molecular formula is C20H26O4Si. The van der Waals surface area contributed by atoms with E-state index in [0.29, 0.717) is 11.3 Å². The van der Waals surface area contributed by atoms with Crippen molar-refractivity contribution in [1.82, 2.24) is 0 Å². The van der Waals surface area contributed by atoms with E-state index in [1.807, 2.05) is 30.3 Å². The molecule has 0 fully saturated rings. The topological polar surface area (TPSA) is 44.8 Å². The van der Waals surface area contributed by atoms with Gasteiger partial charge in [-0.3, -0.25) is 0 Å². The molecule has 0 heterocycles. The summed E-state index contributed by atoms with van der Waals surface area (Å²) >= 11 is 0. The van der Waals surface area contributed by atoms with Gasteiger partial charge in [0.05, 0.1) is 5.56 Å². The van der Waals surface area contributed by atoms with Crippen molar-refractivity contribution in [2.75, 3.05) is 13.4 Å². The van der Waals surface area contributed by atoms with E-state index in [4.69, 9.17) is 14.2 Å². The molecule has 0 aromatic heterocycles. The summed E-state index contributed by atoms with van der Waals surface area (Å²) in [5.74, 6) is 0.328. The maximum atomic E-state index is 12.0. The minimum Gasteiger partial charge on any atom is -0.468 e.